The molecule has 2 heterocycles. The Morgan fingerprint density at radius 3 is 2.33 bits per heavy atom. The van der Waals surface area contributed by atoms with Crippen LogP contribution in [0.1, 0.15) is 66.6 Å². The molecule has 0 spiro atoms. The minimum atomic E-state index is -0.578. The Labute approximate surface area is 234 Å². The summed E-state index contributed by atoms with van der Waals surface area (Å²) in [5.41, 5.74) is 8.71. The molecule has 0 bridgehead atoms. The Balaban J connectivity index is 0.000000193. The van der Waals surface area contributed by atoms with Crippen molar-refractivity contribution in [2.45, 2.75) is 63.7 Å². The van der Waals surface area contributed by atoms with Crippen molar-refractivity contribution < 1.29 is 14.6 Å². The van der Waals surface area contributed by atoms with Crippen molar-refractivity contribution in [2.75, 3.05) is 13.1 Å². The van der Waals surface area contributed by atoms with E-state index in [1.165, 1.54) is 24.8 Å². The lowest BCUT2D eigenvalue weighted by molar-refractivity contribution is 0.0792. The maximum absolute atomic E-state index is 11.0. The van der Waals surface area contributed by atoms with Crippen molar-refractivity contribution in [1.82, 2.24) is 15.1 Å². The number of aromatic nitrogens is 2. The van der Waals surface area contributed by atoms with Gasteiger partial charge in [-0.15, -0.1) is 10.2 Å². The summed E-state index contributed by atoms with van der Waals surface area (Å²) in [4.78, 5) is 13.4. The first kappa shape index (κ1) is 28.5. The normalized spacial score (nSPS) is 16.5. The molecular formula is C30H34ClN5O3. The number of aliphatic hydroxyl groups is 1. The number of carbonyl (C=O) groups excluding carboxylic acids is 1. The molecular weight excluding hydrogens is 514 g/mol. The van der Waals surface area contributed by atoms with Crippen LogP contribution in [0, 0.1) is 11.3 Å². The maximum Gasteiger partial charge on any atom is 0.269 e. The Hall–Kier alpha value is -3.51. The summed E-state index contributed by atoms with van der Waals surface area (Å²) in [6.07, 6.45) is 7.92. The number of halogens is 1. The molecule has 1 aliphatic heterocycles. The first-order chi connectivity index (χ1) is 18.9. The van der Waals surface area contributed by atoms with Crippen LogP contribution in [-0.4, -0.2) is 51.4 Å². The summed E-state index contributed by atoms with van der Waals surface area (Å²) >= 11 is 5.94. The molecule has 0 radical (unpaired) electrons. The van der Waals surface area contributed by atoms with E-state index in [1.54, 1.807) is 24.3 Å². The molecule has 1 saturated carbocycles. The van der Waals surface area contributed by atoms with Gasteiger partial charge < -0.3 is 15.6 Å². The number of hydrogen-bond acceptors (Lipinski definition) is 7. The van der Waals surface area contributed by atoms with Gasteiger partial charge in [-0.1, -0.05) is 42.3 Å². The molecule has 0 unspecified atom stereocenters. The lowest BCUT2D eigenvalue weighted by Crippen LogP contribution is -2.35. The molecule has 2 fully saturated rings. The van der Waals surface area contributed by atoms with Crippen LogP contribution in [0.3, 0.4) is 0 Å². The molecule has 2 aliphatic rings. The summed E-state index contributed by atoms with van der Waals surface area (Å²) in [7, 11) is 0. The number of likely N-dealkylation sites (tertiary alicyclic amines) is 1. The maximum atomic E-state index is 11.0. The van der Waals surface area contributed by atoms with Crippen molar-refractivity contribution in [3.05, 3.63) is 76.4 Å². The largest absolute Gasteiger partial charge is 0.490 e. The lowest BCUT2D eigenvalue weighted by Gasteiger charge is -2.29. The zero-order valence-corrected chi connectivity index (χ0v) is 22.7. The average Bonchev–Trinajstić information content (AvgIpc) is 2.96. The minimum absolute atomic E-state index is 0.143. The van der Waals surface area contributed by atoms with Crippen molar-refractivity contribution in [3.8, 4) is 23.1 Å². The number of hydrogen-bond donors (Lipinski definition) is 2. The molecule has 2 aromatic carbocycles. The van der Waals surface area contributed by atoms with Crippen LogP contribution in [0.4, 0.5) is 0 Å². The average molecular weight is 548 g/mol. The van der Waals surface area contributed by atoms with E-state index in [9.17, 15) is 9.90 Å². The predicted molar refractivity (Wildman–Crippen MR) is 150 cm³/mol. The SMILES string of the molecule is N#Cc1ccc(OC2CCCCC2)cc1Cl.NC(=O)c1ccc(-c2ccc(CN3CCC(O)CC3)cc2)nn1. The van der Waals surface area contributed by atoms with Gasteiger partial charge in [-0.05, 0) is 68.4 Å². The second-order valence-corrected chi connectivity index (χ2v) is 10.4. The van der Waals surface area contributed by atoms with Gasteiger partial charge in [0, 0.05) is 31.3 Å². The molecule has 5 rings (SSSR count). The summed E-state index contributed by atoms with van der Waals surface area (Å²) in [6.45, 7) is 2.76. The Morgan fingerprint density at radius 1 is 1.03 bits per heavy atom. The molecule has 8 nitrogen and oxygen atoms in total. The Bertz CT molecular complexity index is 1260. The van der Waals surface area contributed by atoms with Crippen LogP contribution in [0.15, 0.2) is 54.6 Å². The van der Waals surface area contributed by atoms with Gasteiger partial charge in [-0.2, -0.15) is 5.26 Å². The van der Waals surface area contributed by atoms with Crippen LogP contribution >= 0.6 is 11.6 Å². The van der Waals surface area contributed by atoms with Crippen LogP contribution < -0.4 is 10.5 Å². The molecule has 1 aliphatic carbocycles. The van der Waals surface area contributed by atoms with Crippen molar-refractivity contribution in [1.29, 1.82) is 5.26 Å². The van der Waals surface area contributed by atoms with Crippen molar-refractivity contribution >= 4 is 17.5 Å². The van der Waals surface area contributed by atoms with Gasteiger partial charge in [0.25, 0.3) is 5.91 Å². The van der Waals surface area contributed by atoms with E-state index >= 15 is 0 Å². The number of amides is 1. The predicted octanol–water partition coefficient (Wildman–Crippen LogP) is 5.12. The van der Waals surface area contributed by atoms with Crippen LogP contribution in [0.2, 0.25) is 5.02 Å². The lowest BCUT2D eigenvalue weighted by atomic mass is 9.98. The van der Waals surface area contributed by atoms with Crippen LogP contribution in [-0.2, 0) is 6.54 Å². The van der Waals surface area contributed by atoms with Gasteiger partial charge in [0.05, 0.1) is 28.5 Å². The molecule has 3 aromatic rings. The highest BCUT2D eigenvalue weighted by Crippen LogP contribution is 2.27. The smallest absolute Gasteiger partial charge is 0.269 e. The van der Waals surface area contributed by atoms with Crippen molar-refractivity contribution in [3.63, 3.8) is 0 Å². The van der Waals surface area contributed by atoms with E-state index in [1.807, 2.05) is 24.3 Å². The van der Waals surface area contributed by atoms with Crippen LogP contribution in [0.5, 0.6) is 5.75 Å². The molecule has 0 atom stereocenters. The summed E-state index contributed by atoms with van der Waals surface area (Å²) < 4.78 is 5.84. The number of ether oxygens (including phenoxy) is 1. The monoisotopic (exact) mass is 547 g/mol. The van der Waals surface area contributed by atoms with Gasteiger partial charge in [0.2, 0.25) is 0 Å². The zero-order valence-electron chi connectivity index (χ0n) is 21.9. The van der Waals surface area contributed by atoms with Gasteiger partial charge in [0.1, 0.15) is 11.8 Å². The van der Waals surface area contributed by atoms with Crippen LogP contribution in [0.25, 0.3) is 11.3 Å². The minimum Gasteiger partial charge on any atom is -0.490 e. The fraction of sp³-hybridized carbons (Fsp3) is 0.400. The standard InChI is InChI=1S/C17H20N4O2.C13H14ClNO/c18-17(23)16-6-5-15(19-20-16)13-3-1-12(2-4-13)11-21-9-7-14(22)8-10-21;14-13-8-12(7-6-10(13)9-15)16-11-4-2-1-3-5-11/h1-6,14,22H,7-11H2,(H2,18,23);6-8,11H,1-5H2. The number of nitrogens with two attached hydrogens (primary N) is 1. The van der Waals surface area contributed by atoms with E-state index in [-0.39, 0.29) is 11.8 Å². The molecule has 1 amide bonds. The highest BCUT2D eigenvalue weighted by Gasteiger charge is 2.17. The number of rotatable bonds is 6. The quantitative estimate of drug-likeness (QED) is 0.438. The number of aliphatic hydroxyl groups excluding tert-OH is 1. The highest BCUT2D eigenvalue weighted by atomic mass is 35.5. The first-order valence-electron chi connectivity index (χ1n) is 13.4. The summed E-state index contributed by atoms with van der Waals surface area (Å²) in [6, 6.07) is 18.8. The topological polar surface area (TPSA) is 125 Å². The second kappa shape index (κ2) is 14.0. The summed E-state index contributed by atoms with van der Waals surface area (Å²) in [5.74, 6) is 0.196. The summed E-state index contributed by atoms with van der Waals surface area (Å²) in [5, 5.41) is 26.6. The fourth-order valence-corrected chi connectivity index (χ4v) is 4.98. The highest BCUT2D eigenvalue weighted by molar-refractivity contribution is 6.31. The van der Waals surface area contributed by atoms with E-state index in [4.69, 9.17) is 27.3 Å². The molecule has 1 aromatic heterocycles. The Morgan fingerprint density at radius 2 is 1.74 bits per heavy atom. The second-order valence-electron chi connectivity index (χ2n) is 10.0. The Kier molecular flexibility index (Phi) is 10.3. The molecule has 39 heavy (non-hydrogen) atoms. The molecule has 9 heteroatoms. The van der Waals surface area contributed by atoms with Gasteiger partial charge in [-0.25, -0.2) is 0 Å². The number of benzene rings is 2. The van der Waals surface area contributed by atoms with Gasteiger partial charge in [-0.3, -0.25) is 9.69 Å². The van der Waals surface area contributed by atoms with Gasteiger partial charge in [0.15, 0.2) is 5.69 Å². The van der Waals surface area contributed by atoms with E-state index < -0.39 is 5.91 Å². The van der Waals surface area contributed by atoms with E-state index in [2.05, 4.69) is 27.2 Å². The van der Waals surface area contributed by atoms with Gasteiger partial charge >= 0.3 is 0 Å². The third-order valence-corrected chi connectivity index (χ3v) is 7.36. The first-order valence-corrected chi connectivity index (χ1v) is 13.8. The van der Waals surface area contributed by atoms with E-state index in [0.29, 0.717) is 22.4 Å². The number of piperidine rings is 1. The third kappa shape index (κ3) is 8.49. The number of carbonyl (C=O) groups is 1. The van der Waals surface area contributed by atoms with Crippen molar-refractivity contribution in [2.24, 2.45) is 5.73 Å². The number of nitriles is 1. The fourth-order valence-electron chi connectivity index (χ4n) is 4.77. The zero-order chi connectivity index (χ0) is 27.6. The molecule has 1 saturated heterocycles. The third-order valence-electron chi connectivity index (χ3n) is 7.05. The van der Waals surface area contributed by atoms with E-state index in [0.717, 1.165) is 56.6 Å². The number of nitrogens with zero attached hydrogens (tertiary/aromatic N) is 4. The number of primary amides is 1. The molecule has 204 valence electrons. The molecule has 3 N–H and O–H groups in total.